The molecular weight excluding hydrogens is 251 g/mol. The fourth-order valence-electron chi connectivity index (χ4n) is 1.43. The van der Waals surface area contributed by atoms with Crippen LogP contribution >= 0.6 is 0 Å². The molecule has 5 heteroatoms. The number of aliphatic hydroxyl groups is 2. The van der Waals surface area contributed by atoms with E-state index in [1.54, 1.807) is 13.0 Å². The van der Waals surface area contributed by atoms with Gasteiger partial charge in [-0.2, -0.15) is 0 Å². The lowest BCUT2D eigenvalue weighted by molar-refractivity contribution is -0.0127. The van der Waals surface area contributed by atoms with Gasteiger partial charge in [0.05, 0.1) is 18.8 Å². The quantitative estimate of drug-likeness (QED) is 0.797. The van der Waals surface area contributed by atoms with Crippen molar-refractivity contribution in [2.24, 2.45) is 0 Å². The maximum atomic E-state index is 13.6. The van der Waals surface area contributed by atoms with Gasteiger partial charge < -0.3 is 19.7 Å². The highest BCUT2D eigenvalue weighted by Gasteiger charge is 2.11. The van der Waals surface area contributed by atoms with Gasteiger partial charge in [-0.1, -0.05) is 6.07 Å². The molecule has 2 atom stereocenters. The normalized spacial score (nSPS) is 14.5. The zero-order chi connectivity index (χ0) is 14.4. The Kier molecular flexibility index (Phi) is 6.21. The first kappa shape index (κ1) is 15.9. The summed E-state index contributed by atoms with van der Waals surface area (Å²) in [6, 6.07) is 4.24. The van der Waals surface area contributed by atoms with Gasteiger partial charge in [-0.3, -0.25) is 0 Å². The Morgan fingerprint density at radius 1 is 1.16 bits per heavy atom. The molecule has 0 fully saturated rings. The number of hydrogen-bond donors (Lipinski definition) is 2. The summed E-state index contributed by atoms with van der Waals surface area (Å²) >= 11 is 0. The summed E-state index contributed by atoms with van der Waals surface area (Å²) in [6.45, 7) is 5.38. The van der Waals surface area contributed by atoms with E-state index in [-0.39, 0.29) is 25.1 Å². The molecule has 0 aliphatic rings. The van der Waals surface area contributed by atoms with Gasteiger partial charge in [0.1, 0.15) is 12.7 Å². The highest BCUT2D eigenvalue weighted by molar-refractivity contribution is 5.30. The molecule has 1 rings (SSSR count). The Labute approximate surface area is 112 Å². The van der Waals surface area contributed by atoms with E-state index in [4.69, 9.17) is 9.47 Å². The van der Waals surface area contributed by atoms with Gasteiger partial charge in [0.25, 0.3) is 0 Å². The molecule has 0 aliphatic heterocycles. The van der Waals surface area contributed by atoms with Gasteiger partial charge in [-0.05, 0) is 38.5 Å². The Morgan fingerprint density at radius 2 is 1.84 bits per heavy atom. The summed E-state index contributed by atoms with van der Waals surface area (Å²) in [4.78, 5) is 0. The zero-order valence-electron chi connectivity index (χ0n) is 11.5. The molecule has 0 saturated carbocycles. The fraction of sp³-hybridized carbons (Fsp3) is 0.571. The van der Waals surface area contributed by atoms with Crippen LogP contribution in [0.4, 0.5) is 4.39 Å². The van der Waals surface area contributed by atoms with E-state index in [0.717, 1.165) is 0 Å². The van der Waals surface area contributed by atoms with E-state index in [1.165, 1.54) is 12.1 Å². The smallest absolute Gasteiger partial charge is 0.165 e. The zero-order valence-corrected chi connectivity index (χ0v) is 11.5. The minimum Gasteiger partial charge on any atom is -0.488 e. The van der Waals surface area contributed by atoms with Crippen molar-refractivity contribution in [3.63, 3.8) is 0 Å². The predicted molar refractivity (Wildman–Crippen MR) is 69.6 cm³/mol. The van der Waals surface area contributed by atoms with Gasteiger partial charge in [-0.25, -0.2) is 4.39 Å². The number of benzene rings is 1. The van der Waals surface area contributed by atoms with Crippen LogP contribution in [0.3, 0.4) is 0 Å². The summed E-state index contributed by atoms with van der Waals surface area (Å²) in [5.74, 6) is -0.511. The number of rotatable bonds is 7. The molecule has 19 heavy (non-hydrogen) atoms. The van der Waals surface area contributed by atoms with Crippen LogP contribution in [0.5, 0.6) is 5.75 Å². The van der Waals surface area contributed by atoms with Crippen molar-refractivity contribution < 1.29 is 24.1 Å². The number of hydrogen-bond acceptors (Lipinski definition) is 4. The topological polar surface area (TPSA) is 58.9 Å². The van der Waals surface area contributed by atoms with Gasteiger partial charge >= 0.3 is 0 Å². The standard InChI is InChI=1S/C14H21FO4/c1-9(2)18-7-12(17)8-19-14-5-4-11(10(3)16)6-13(14)15/h4-6,9-10,12,16-17H,7-8H2,1-3H3. The van der Waals surface area contributed by atoms with Crippen molar-refractivity contribution in [3.05, 3.63) is 29.6 Å². The van der Waals surface area contributed by atoms with Crippen LogP contribution < -0.4 is 4.74 Å². The maximum Gasteiger partial charge on any atom is 0.165 e. The van der Waals surface area contributed by atoms with Crippen molar-refractivity contribution in [2.45, 2.75) is 39.1 Å². The third kappa shape index (κ3) is 5.55. The van der Waals surface area contributed by atoms with Crippen molar-refractivity contribution in [2.75, 3.05) is 13.2 Å². The van der Waals surface area contributed by atoms with Gasteiger partial charge in [0.15, 0.2) is 11.6 Å². The molecule has 0 saturated heterocycles. The maximum absolute atomic E-state index is 13.6. The van der Waals surface area contributed by atoms with Crippen LogP contribution in [0.1, 0.15) is 32.4 Å². The summed E-state index contributed by atoms with van der Waals surface area (Å²) in [6.07, 6.45) is -1.51. The van der Waals surface area contributed by atoms with Crippen LogP contribution in [-0.4, -0.2) is 35.6 Å². The lowest BCUT2D eigenvalue weighted by Gasteiger charge is -2.15. The Morgan fingerprint density at radius 3 is 2.37 bits per heavy atom. The van der Waals surface area contributed by atoms with Gasteiger partial charge in [0, 0.05) is 0 Å². The van der Waals surface area contributed by atoms with Crippen LogP contribution in [0.15, 0.2) is 18.2 Å². The van der Waals surface area contributed by atoms with E-state index in [0.29, 0.717) is 5.56 Å². The largest absolute Gasteiger partial charge is 0.488 e. The molecule has 0 aromatic heterocycles. The molecule has 0 radical (unpaired) electrons. The average Bonchev–Trinajstić information content (AvgIpc) is 2.34. The van der Waals surface area contributed by atoms with E-state index >= 15 is 0 Å². The Bertz CT molecular complexity index is 393. The van der Waals surface area contributed by atoms with Crippen molar-refractivity contribution in [1.82, 2.24) is 0 Å². The Hall–Kier alpha value is -1.17. The molecule has 2 N–H and O–H groups in total. The molecule has 0 spiro atoms. The lowest BCUT2D eigenvalue weighted by Crippen LogP contribution is -2.25. The number of ether oxygens (including phenoxy) is 2. The Balaban J connectivity index is 2.49. The molecular formula is C14H21FO4. The monoisotopic (exact) mass is 272 g/mol. The predicted octanol–water partition coefficient (Wildman–Crippen LogP) is 2.04. The van der Waals surface area contributed by atoms with Gasteiger partial charge in [0.2, 0.25) is 0 Å². The molecule has 4 nitrogen and oxygen atoms in total. The molecule has 1 aromatic carbocycles. The molecule has 2 unspecified atom stereocenters. The summed E-state index contributed by atoms with van der Waals surface area (Å²) < 4.78 is 24.0. The molecule has 108 valence electrons. The van der Waals surface area contributed by atoms with Gasteiger partial charge in [-0.15, -0.1) is 0 Å². The summed E-state index contributed by atoms with van der Waals surface area (Å²) in [7, 11) is 0. The fourth-order valence-corrected chi connectivity index (χ4v) is 1.43. The molecule has 0 aliphatic carbocycles. The molecule has 0 amide bonds. The second-order valence-corrected chi connectivity index (χ2v) is 4.71. The van der Waals surface area contributed by atoms with E-state index in [1.807, 2.05) is 13.8 Å². The third-order valence-electron chi connectivity index (χ3n) is 2.49. The van der Waals surface area contributed by atoms with Crippen LogP contribution in [-0.2, 0) is 4.74 Å². The average molecular weight is 272 g/mol. The lowest BCUT2D eigenvalue weighted by atomic mass is 10.1. The van der Waals surface area contributed by atoms with Crippen LogP contribution in [0, 0.1) is 5.82 Å². The van der Waals surface area contributed by atoms with E-state index in [2.05, 4.69) is 0 Å². The van der Waals surface area contributed by atoms with E-state index < -0.39 is 18.0 Å². The van der Waals surface area contributed by atoms with Crippen molar-refractivity contribution in [1.29, 1.82) is 0 Å². The SMILES string of the molecule is CC(C)OCC(O)COc1ccc(C(C)O)cc1F. The minimum absolute atomic E-state index is 0.0247. The number of aliphatic hydroxyl groups excluding tert-OH is 2. The molecule has 1 aromatic rings. The first-order valence-corrected chi connectivity index (χ1v) is 6.30. The molecule has 0 heterocycles. The summed E-state index contributed by atoms with van der Waals surface area (Å²) in [5.41, 5.74) is 0.480. The van der Waals surface area contributed by atoms with E-state index in [9.17, 15) is 14.6 Å². The highest BCUT2D eigenvalue weighted by Crippen LogP contribution is 2.22. The highest BCUT2D eigenvalue weighted by atomic mass is 19.1. The second kappa shape index (κ2) is 7.43. The van der Waals surface area contributed by atoms with Crippen molar-refractivity contribution >= 4 is 0 Å². The van der Waals surface area contributed by atoms with Crippen LogP contribution in [0.25, 0.3) is 0 Å². The first-order valence-electron chi connectivity index (χ1n) is 6.30. The van der Waals surface area contributed by atoms with Crippen molar-refractivity contribution in [3.8, 4) is 5.75 Å². The minimum atomic E-state index is -0.807. The summed E-state index contributed by atoms with van der Waals surface area (Å²) in [5, 5.41) is 18.9. The second-order valence-electron chi connectivity index (χ2n) is 4.71. The number of halogens is 1. The first-order chi connectivity index (χ1) is 8.90. The molecule has 0 bridgehead atoms. The van der Waals surface area contributed by atoms with Crippen LogP contribution in [0.2, 0.25) is 0 Å². The third-order valence-corrected chi connectivity index (χ3v) is 2.49.